The number of rotatable bonds is 8. The number of para-hydroxylation sites is 1. The highest BCUT2D eigenvalue weighted by Gasteiger charge is 2.50. The quantitative estimate of drug-likeness (QED) is 0.593. The number of benzene rings is 1. The molecule has 2 heterocycles. The van der Waals surface area contributed by atoms with E-state index in [-0.39, 0.29) is 29.6 Å². The SMILES string of the molecule is CCCCC(CCC)NC(=O)C1(C)Cn2nc(C(C)(C)C)cc2C(=O)N1c1ccccc1F. The molecule has 1 aliphatic rings. The highest BCUT2D eigenvalue weighted by atomic mass is 19.1. The van der Waals surface area contributed by atoms with Crippen molar-refractivity contribution in [1.29, 1.82) is 0 Å². The van der Waals surface area contributed by atoms with E-state index in [0.29, 0.717) is 5.69 Å². The van der Waals surface area contributed by atoms with Crippen LogP contribution in [0, 0.1) is 5.82 Å². The average molecular weight is 457 g/mol. The van der Waals surface area contributed by atoms with E-state index in [4.69, 9.17) is 0 Å². The molecule has 0 radical (unpaired) electrons. The minimum absolute atomic E-state index is 0.0148. The summed E-state index contributed by atoms with van der Waals surface area (Å²) < 4.78 is 16.5. The number of carbonyl (C=O) groups excluding carboxylic acids is 2. The largest absolute Gasteiger partial charge is 0.351 e. The number of unbranched alkanes of at least 4 members (excludes halogenated alkanes) is 1. The van der Waals surface area contributed by atoms with Crippen molar-refractivity contribution in [2.24, 2.45) is 0 Å². The molecule has 1 aliphatic heterocycles. The molecular formula is C26H37FN4O2. The molecule has 2 amide bonds. The Morgan fingerprint density at radius 3 is 2.52 bits per heavy atom. The molecule has 0 fully saturated rings. The van der Waals surface area contributed by atoms with Gasteiger partial charge in [0, 0.05) is 11.5 Å². The molecule has 0 aliphatic carbocycles. The molecule has 2 unspecified atom stereocenters. The lowest BCUT2D eigenvalue weighted by molar-refractivity contribution is -0.127. The van der Waals surface area contributed by atoms with Crippen molar-refractivity contribution in [3.8, 4) is 0 Å². The molecule has 6 nitrogen and oxygen atoms in total. The third kappa shape index (κ3) is 4.97. The Morgan fingerprint density at radius 2 is 1.91 bits per heavy atom. The van der Waals surface area contributed by atoms with E-state index >= 15 is 0 Å². The first-order valence-corrected chi connectivity index (χ1v) is 12.0. The number of amides is 2. The van der Waals surface area contributed by atoms with Gasteiger partial charge in [0.25, 0.3) is 5.91 Å². The van der Waals surface area contributed by atoms with Gasteiger partial charge >= 0.3 is 0 Å². The fraction of sp³-hybridized carbons (Fsp3) is 0.577. The Morgan fingerprint density at radius 1 is 1.21 bits per heavy atom. The summed E-state index contributed by atoms with van der Waals surface area (Å²) in [7, 11) is 0. The van der Waals surface area contributed by atoms with Gasteiger partial charge in [0.1, 0.15) is 17.1 Å². The van der Waals surface area contributed by atoms with E-state index in [1.807, 2.05) is 20.8 Å². The van der Waals surface area contributed by atoms with Gasteiger partial charge in [-0.15, -0.1) is 0 Å². The second kappa shape index (κ2) is 9.65. The van der Waals surface area contributed by atoms with Gasteiger partial charge in [-0.25, -0.2) is 4.39 Å². The molecule has 0 spiro atoms. The van der Waals surface area contributed by atoms with Crippen LogP contribution in [0.2, 0.25) is 0 Å². The minimum Gasteiger partial charge on any atom is -0.351 e. The molecule has 2 atom stereocenters. The third-order valence-electron chi connectivity index (χ3n) is 6.38. The molecule has 0 saturated carbocycles. The van der Waals surface area contributed by atoms with Crippen LogP contribution in [0.15, 0.2) is 30.3 Å². The van der Waals surface area contributed by atoms with E-state index in [2.05, 4.69) is 24.3 Å². The van der Waals surface area contributed by atoms with E-state index < -0.39 is 17.3 Å². The number of aromatic nitrogens is 2. The molecule has 0 bridgehead atoms. The lowest BCUT2D eigenvalue weighted by atomic mass is 9.91. The van der Waals surface area contributed by atoms with Crippen molar-refractivity contribution in [3.05, 3.63) is 47.5 Å². The van der Waals surface area contributed by atoms with Crippen molar-refractivity contribution in [2.75, 3.05) is 4.90 Å². The fourth-order valence-electron chi connectivity index (χ4n) is 4.39. The molecule has 33 heavy (non-hydrogen) atoms. The lowest BCUT2D eigenvalue weighted by Crippen LogP contribution is -2.65. The maximum atomic E-state index is 14.9. The molecule has 0 saturated heterocycles. The summed E-state index contributed by atoms with van der Waals surface area (Å²) in [4.78, 5) is 28.8. The zero-order chi connectivity index (χ0) is 24.4. The van der Waals surface area contributed by atoms with Crippen molar-refractivity contribution in [3.63, 3.8) is 0 Å². The van der Waals surface area contributed by atoms with Crippen molar-refractivity contribution in [1.82, 2.24) is 15.1 Å². The summed E-state index contributed by atoms with van der Waals surface area (Å²) in [5.74, 6) is -1.25. The Kier molecular flexibility index (Phi) is 7.29. The van der Waals surface area contributed by atoms with Crippen LogP contribution in [0.3, 0.4) is 0 Å². The van der Waals surface area contributed by atoms with Crippen LogP contribution in [0.5, 0.6) is 0 Å². The van der Waals surface area contributed by atoms with Gasteiger partial charge in [0.05, 0.1) is 17.9 Å². The molecule has 3 rings (SSSR count). The summed E-state index contributed by atoms with van der Waals surface area (Å²) in [5.41, 5.74) is -0.365. The summed E-state index contributed by atoms with van der Waals surface area (Å²) in [6.07, 6.45) is 4.73. The number of halogens is 1. The molecular weight excluding hydrogens is 419 g/mol. The summed E-state index contributed by atoms with van der Waals surface area (Å²) >= 11 is 0. The first kappa shape index (κ1) is 24.9. The molecule has 1 N–H and O–H groups in total. The highest BCUT2D eigenvalue weighted by molar-refractivity contribution is 6.11. The number of hydrogen-bond acceptors (Lipinski definition) is 3. The average Bonchev–Trinajstić information content (AvgIpc) is 3.18. The number of hydrogen-bond donors (Lipinski definition) is 1. The molecule has 1 aromatic heterocycles. The van der Waals surface area contributed by atoms with E-state index in [1.165, 1.54) is 11.0 Å². The Bertz CT molecular complexity index is 1010. The second-order valence-corrected chi connectivity index (χ2v) is 10.3. The van der Waals surface area contributed by atoms with Crippen LogP contribution >= 0.6 is 0 Å². The van der Waals surface area contributed by atoms with Gasteiger partial charge in [-0.2, -0.15) is 5.10 Å². The van der Waals surface area contributed by atoms with Crippen molar-refractivity contribution < 1.29 is 14.0 Å². The van der Waals surface area contributed by atoms with Gasteiger partial charge in [-0.3, -0.25) is 19.2 Å². The summed E-state index contributed by atoms with van der Waals surface area (Å²) in [6.45, 7) is 12.1. The van der Waals surface area contributed by atoms with Gasteiger partial charge in [0.15, 0.2) is 0 Å². The topological polar surface area (TPSA) is 67.2 Å². The third-order valence-corrected chi connectivity index (χ3v) is 6.38. The van der Waals surface area contributed by atoms with Crippen LogP contribution in [0.1, 0.15) is 89.8 Å². The number of nitrogens with one attached hydrogen (secondary N) is 1. The second-order valence-electron chi connectivity index (χ2n) is 10.3. The zero-order valence-corrected chi connectivity index (χ0v) is 20.7. The van der Waals surface area contributed by atoms with E-state index in [9.17, 15) is 14.0 Å². The van der Waals surface area contributed by atoms with Crippen molar-refractivity contribution >= 4 is 17.5 Å². The summed E-state index contributed by atoms with van der Waals surface area (Å²) in [5, 5.41) is 7.84. The number of anilines is 1. The molecule has 180 valence electrons. The van der Waals surface area contributed by atoms with E-state index in [1.54, 1.807) is 35.9 Å². The zero-order valence-electron chi connectivity index (χ0n) is 20.7. The van der Waals surface area contributed by atoms with Crippen LogP contribution in [0.4, 0.5) is 10.1 Å². The lowest BCUT2D eigenvalue weighted by Gasteiger charge is -2.43. The van der Waals surface area contributed by atoms with Gasteiger partial charge in [-0.1, -0.05) is 66.0 Å². The van der Waals surface area contributed by atoms with Crippen LogP contribution in [-0.2, 0) is 16.8 Å². The van der Waals surface area contributed by atoms with Gasteiger partial charge in [0.2, 0.25) is 5.91 Å². The highest BCUT2D eigenvalue weighted by Crippen LogP contribution is 2.35. The van der Waals surface area contributed by atoms with Crippen LogP contribution in [0.25, 0.3) is 0 Å². The predicted octanol–water partition coefficient (Wildman–Crippen LogP) is 5.21. The number of fused-ring (bicyclic) bond motifs is 1. The number of nitrogens with zero attached hydrogens (tertiary/aromatic N) is 3. The minimum atomic E-state index is -1.33. The Labute approximate surface area is 196 Å². The molecule has 1 aromatic carbocycles. The first-order valence-electron chi connectivity index (χ1n) is 12.0. The summed E-state index contributed by atoms with van der Waals surface area (Å²) in [6, 6.07) is 7.90. The standard InChI is InChI=1S/C26H37FN4O2/c1-7-9-13-18(12-8-2)28-24(33)26(6)17-30-21(16-22(29-30)25(3,4)5)23(32)31(26)20-15-11-10-14-19(20)27/h10-11,14-16,18H,7-9,12-13,17H2,1-6H3,(H,28,33). The van der Waals surface area contributed by atoms with Crippen LogP contribution in [-0.4, -0.2) is 33.2 Å². The van der Waals surface area contributed by atoms with Crippen LogP contribution < -0.4 is 10.2 Å². The number of carbonyl (C=O) groups is 2. The molecule has 2 aromatic rings. The maximum Gasteiger partial charge on any atom is 0.277 e. The monoisotopic (exact) mass is 456 g/mol. The smallest absolute Gasteiger partial charge is 0.277 e. The first-order chi connectivity index (χ1) is 15.5. The van der Waals surface area contributed by atoms with Gasteiger partial charge in [-0.05, 0) is 38.0 Å². The van der Waals surface area contributed by atoms with Crippen molar-refractivity contribution in [2.45, 2.75) is 97.2 Å². The molecule has 7 heteroatoms. The van der Waals surface area contributed by atoms with Gasteiger partial charge < -0.3 is 5.32 Å². The predicted molar refractivity (Wildman–Crippen MR) is 129 cm³/mol. The fourth-order valence-corrected chi connectivity index (χ4v) is 4.39. The van der Waals surface area contributed by atoms with E-state index in [0.717, 1.165) is 37.8 Å². The Hall–Kier alpha value is -2.70. The maximum absolute atomic E-state index is 14.9. The normalized spacial score (nSPS) is 19.4. The Balaban J connectivity index is 2.07.